The number of nitrogens with zero attached hydrogens (tertiary/aromatic N) is 2. The van der Waals surface area contributed by atoms with Gasteiger partial charge in [-0.25, -0.2) is 4.98 Å². The second-order valence-electron chi connectivity index (χ2n) is 6.02. The number of fused-ring (bicyclic) bond motifs is 5. The number of halogens is 1. The summed E-state index contributed by atoms with van der Waals surface area (Å²) in [4.78, 5) is 9.53. The van der Waals surface area contributed by atoms with Crippen molar-refractivity contribution in [2.75, 3.05) is 0 Å². The molecule has 1 aliphatic rings. The van der Waals surface area contributed by atoms with Gasteiger partial charge in [-0.15, -0.1) is 0 Å². The van der Waals surface area contributed by atoms with Crippen LogP contribution in [0.15, 0.2) is 66.9 Å². The molecule has 2 aromatic heterocycles. The van der Waals surface area contributed by atoms with E-state index in [0.29, 0.717) is 0 Å². The molecule has 2 nitrogen and oxygen atoms in total. The summed E-state index contributed by atoms with van der Waals surface area (Å²) in [6.07, 6.45) is 2.76. The third kappa shape index (κ3) is 2.08. The molecule has 0 fully saturated rings. The zero-order valence-electron chi connectivity index (χ0n) is 12.8. The molecule has 0 saturated heterocycles. The van der Waals surface area contributed by atoms with E-state index >= 15 is 0 Å². The Morgan fingerprint density at radius 2 is 1.79 bits per heavy atom. The monoisotopic (exact) mass is 420 g/mol. The fraction of sp³-hybridized carbons (Fsp3) is 0.0476. The van der Waals surface area contributed by atoms with Crippen molar-refractivity contribution >= 4 is 33.5 Å². The second-order valence-corrected chi connectivity index (χ2v) is 7.27. The van der Waals surface area contributed by atoms with Crippen molar-refractivity contribution in [1.29, 1.82) is 0 Å². The highest BCUT2D eigenvalue weighted by atomic mass is 127. The van der Waals surface area contributed by atoms with Gasteiger partial charge in [0.25, 0.3) is 0 Å². The topological polar surface area (TPSA) is 25.8 Å². The van der Waals surface area contributed by atoms with Crippen LogP contribution < -0.4 is 0 Å². The first-order valence-electron chi connectivity index (χ1n) is 7.93. The van der Waals surface area contributed by atoms with E-state index in [1.165, 1.54) is 31.2 Å². The minimum Gasteiger partial charge on any atom is -0.255 e. The molecule has 0 radical (unpaired) electrons. The summed E-state index contributed by atoms with van der Waals surface area (Å²) in [5.74, 6) is 0. The van der Waals surface area contributed by atoms with Gasteiger partial charge < -0.3 is 0 Å². The standard InChI is InChI=1S/C21H13IN2/c22-14-8-9-18-16(12-14)20-15-6-2-1-5-13(15)11-17(20)21(24-18)19-7-3-4-10-23-19/h1-10,12H,11H2. The smallest absolute Gasteiger partial charge is 0.0935 e. The quantitative estimate of drug-likeness (QED) is 0.336. The summed E-state index contributed by atoms with van der Waals surface area (Å²) in [6, 6.07) is 21.2. The number of benzene rings is 2. The van der Waals surface area contributed by atoms with Crippen molar-refractivity contribution in [3.63, 3.8) is 0 Å². The van der Waals surface area contributed by atoms with Gasteiger partial charge in [0.15, 0.2) is 0 Å². The third-order valence-electron chi connectivity index (χ3n) is 4.61. The van der Waals surface area contributed by atoms with Gasteiger partial charge in [0.2, 0.25) is 0 Å². The average Bonchev–Trinajstić information content (AvgIpc) is 3.02. The molecular formula is C21H13IN2. The van der Waals surface area contributed by atoms with Gasteiger partial charge in [0.05, 0.1) is 16.9 Å². The van der Waals surface area contributed by atoms with E-state index < -0.39 is 0 Å². The predicted octanol–water partition coefficient (Wildman–Crippen LogP) is 5.47. The summed E-state index contributed by atoms with van der Waals surface area (Å²) in [5, 5.41) is 1.24. The van der Waals surface area contributed by atoms with Gasteiger partial charge >= 0.3 is 0 Å². The molecule has 24 heavy (non-hydrogen) atoms. The lowest BCUT2D eigenvalue weighted by Gasteiger charge is -2.12. The first-order chi connectivity index (χ1) is 11.8. The molecule has 114 valence electrons. The SMILES string of the molecule is Ic1ccc2nc(-c3ccccn3)c3c(c2c1)-c1ccccc1C3. The van der Waals surface area contributed by atoms with Crippen LogP contribution in [0.4, 0.5) is 0 Å². The fourth-order valence-electron chi connectivity index (χ4n) is 3.58. The van der Waals surface area contributed by atoms with Gasteiger partial charge in [0, 0.05) is 21.6 Å². The van der Waals surface area contributed by atoms with E-state index in [-0.39, 0.29) is 0 Å². The van der Waals surface area contributed by atoms with E-state index in [0.717, 1.165) is 23.3 Å². The first kappa shape index (κ1) is 14.1. The van der Waals surface area contributed by atoms with Crippen LogP contribution in [0.3, 0.4) is 0 Å². The molecule has 4 aromatic rings. The highest BCUT2D eigenvalue weighted by molar-refractivity contribution is 14.1. The largest absolute Gasteiger partial charge is 0.255 e. The molecule has 0 aliphatic heterocycles. The minimum absolute atomic E-state index is 0.922. The van der Waals surface area contributed by atoms with E-state index in [9.17, 15) is 0 Å². The van der Waals surface area contributed by atoms with Crippen LogP contribution in [0, 0.1) is 3.57 Å². The third-order valence-corrected chi connectivity index (χ3v) is 5.28. The zero-order valence-corrected chi connectivity index (χ0v) is 15.0. The normalized spacial score (nSPS) is 12.2. The molecule has 1 aliphatic carbocycles. The lowest BCUT2D eigenvalue weighted by atomic mass is 9.98. The van der Waals surface area contributed by atoms with Crippen LogP contribution in [-0.4, -0.2) is 9.97 Å². The summed E-state index contributed by atoms with van der Waals surface area (Å²) in [7, 11) is 0. The molecule has 2 aromatic carbocycles. The molecule has 2 heterocycles. The molecule has 3 heteroatoms. The molecule has 0 saturated carbocycles. The Labute approximate surface area is 153 Å². The average molecular weight is 420 g/mol. The van der Waals surface area contributed by atoms with Crippen LogP contribution in [0.2, 0.25) is 0 Å². The fourth-order valence-corrected chi connectivity index (χ4v) is 4.07. The Kier molecular flexibility index (Phi) is 3.16. The lowest BCUT2D eigenvalue weighted by Crippen LogP contribution is -1.96. The molecule has 0 unspecified atom stereocenters. The molecule has 0 spiro atoms. The molecule has 0 amide bonds. The Bertz CT molecular complexity index is 1090. The summed E-state index contributed by atoms with van der Waals surface area (Å²) in [6.45, 7) is 0. The van der Waals surface area contributed by atoms with Crippen LogP contribution >= 0.6 is 22.6 Å². The number of rotatable bonds is 1. The maximum Gasteiger partial charge on any atom is 0.0935 e. The van der Waals surface area contributed by atoms with Crippen LogP contribution in [0.1, 0.15) is 11.1 Å². The zero-order chi connectivity index (χ0) is 16.1. The van der Waals surface area contributed by atoms with E-state index in [2.05, 4.69) is 70.0 Å². The van der Waals surface area contributed by atoms with Crippen molar-refractivity contribution < 1.29 is 0 Å². The van der Waals surface area contributed by atoms with Crippen molar-refractivity contribution in [3.05, 3.63) is 81.6 Å². The highest BCUT2D eigenvalue weighted by Crippen LogP contribution is 2.44. The van der Waals surface area contributed by atoms with Crippen LogP contribution in [0.5, 0.6) is 0 Å². The van der Waals surface area contributed by atoms with Gasteiger partial charge in [-0.3, -0.25) is 4.98 Å². The molecule has 5 rings (SSSR count). The van der Waals surface area contributed by atoms with Gasteiger partial charge in [-0.05, 0) is 75.2 Å². The van der Waals surface area contributed by atoms with Crippen molar-refractivity contribution in [2.24, 2.45) is 0 Å². The Morgan fingerprint density at radius 1 is 0.917 bits per heavy atom. The van der Waals surface area contributed by atoms with E-state index in [1.54, 1.807) is 0 Å². The molecule has 0 bridgehead atoms. The number of hydrogen-bond acceptors (Lipinski definition) is 2. The number of pyridine rings is 2. The van der Waals surface area contributed by atoms with Crippen molar-refractivity contribution in [3.8, 4) is 22.5 Å². The maximum absolute atomic E-state index is 4.98. The van der Waals surface area contributed by atoms with Crippen molar-refractivity contribution in [1.82, 2.24) is 9.97 Å². The van der Waals surface area contributed by atoms with Crippen LogP contribution in [-0.2, 0) is 6.42 Å². The molecule has 0 N–H and O–H groups in total. The lowest BCUT2D eigenvalue weighted by molar-refractivity contribution is 1.20. The van der Waals surface area contributed by atoms with Gasteiger partial charge in [-0.1, -0.05) is 30.3 Å². The Hall–Kier alpha value is -2.27. The van der Waals surface area contributed by atoms with Crippen LogP contribution in [0.25, 0.3) is 33.4 Å². The summed E-state index contributed by atoms with van der Waals surface area (Å²) < 4.78 is 1.24. The first-order valence-corrected chi connectivity index (χ1v) is 9.01. The summed E-state index contributed by atoms with van der Waals surface area (Å²) >= 11 is 2.37. The second kappa shape index (κ2) is 5.38. The van der Waals surface area contributed by atoms with Gasteiger partial charge in [0.1, 0.15) is 0 Å². The Balaban J connectivity index is 1.92. The van der Waals surface area contributed by atoms with Crippen molar-refractivity contribution in [2.45, 2.75) is 6.42 Å². The van der Waals surface area contributed by atoms with E-state index in [1.807, 2.05) is 24.4 Å². The number of aromatic nitrogens is 2. The highest BCUT2D eigenvalue weighted by Gasteiger charge is 2.25. The predicted molar refractivity (Wildman–Crippen MR) is 106 cm³/mol. The maximum atomic E-state index is 4.98. The summed E-state index contributed by atoms with van der Waals surface area (Å²) in [5.41, 5.74) is 8.32. The van der Waals surface area contributed by atoms with E-state index in [4.69, 9.17) is 4.98 Å². The minimum atomic E-state index is 0.922. The van der Waals surface area contributed by atoms with Gasteiger partial charge in [-0.2, -0.15) is 0 Å². The molecular weight excluding hydrogens is 407 g/mol. The molecule has 0 atom stereocenters. The Morgan fingerprint density at radius 3 is 2.67 bits per heavy atom. The number of hydrogen-bond donors (Lipinski definition) is 0.